The van der Waals surface area contributed by atoms with Gasteiger partial charge in [-0.25, -0.2) is 4.98 Å². The number of hydrogen-bond donors (Lipinski definition) is 0. The summed E-state index contributed by atoms with van der Waals surface area (Å²) >= 11 is 0. The molecule has 130 valence electrons. The Kier molecular flexibility index (Phi) is 3.91. The minimum atomic E-state index is -0.0633. The van der Waals surface area contributed by atoms with Crippen LogP contribution in [0.2, 0.25) is 0 Å². The summed E-state index contributed by atoms with van der Waals surface area (Å²) in [6.45, 7) is 5.14. The second-order valence-corrected chi connectivity index (χ2v) is 6.24. The molecular formula is C18H19N3O4. The minimum absolute atomic E-state index is 0.0283. The van der Waals surface area contributed by atoms with Crippen LogP contribution in [0.3, 0.4) is 0 Å². The van der Waals surface area contributed by atoms with Crippen LogP contribution in [0.4, 0.5) is 0 Å². The van der Waals surface area contributed by atoms with Crippen LogP contribution >= 0.6 is 0 Å². The highest BCUT2D eigenvalue weighted by Crippen LogP contribution is 2.33. The molecule has 0 saturated carbocycles. The van der Waals surface area contributed by atoms with Gasteiger partial charge in [0, 0.05) is 30.3 Å². The topological polar surface area (TPSA) is 73.8 Å². The van der Waals surface area contributed by atoms with Gasteiger partial charge in [0.25, 0.3) is 5.91 Å². The molecule has 1 atom stereocenters. The quantitative estimate of drug-likeness (QED) is 0.851. The lowest BCUT2D eigenvalue weighted by molar-refractivity contribution is 0.0770. The monoisotopic (exact) mass is 341 g/mol. The van der Waals surface area contributed by atoms with Crippen molar-refractivity contribution in [2.45, 2.75) is 26.4 Å². The number of fused-ring (bicyclic) bond motifs is 1. The van der Waals surface area contributed by atoms with Crippen LogP contribution in [0.5, 0.6) is 17.4 Å². The van der Waals surface area contributed by atoms with E-state index in [1.54, 1.807) is 23.1 Å². The predicted octanol–water partition coefficient (Wildman–Crippen LogP) is 2.12. The summed E-state index contributed by atoms with van der Waals surface area (Å²) in [5.74, 6) is 2.51. The first-order chi connectivity index (χ1) is 12.1. The third-order valence-electron chi connectivity index (χ3n) is 4.28. The molecule has 1 aromatic carbocycles. The van der Waals surface area contributed by atoms with E-state index in [-0.39, 0.29) is 18.8 Å². The second-order valence-electron chi connectivity index (χ2n) is 6.24. The highest BCUT2D eigenvalue weighted by molar-refractivity contribution is 5.95. The Labute approximate surface area is 145 Å². The zero-order chi connectivity index (χ0) is 17.4. The molecule has 7 heteroatoms. The molecule has 2 aromatic rings. The van der Waals surface area contributed by atoms with Gasteiger partial charge in [-0.1, -0.05) is 0 Å². The first-order valence-corrected chi connectivity index (χ1v) is 8.26. The highest BCUT2D eigenvalue weighted by Gasteiger charge is 2.29. The molecule has 0 unspecified atom stereocenters. The molecule has 0 radical (unpaired) electrons. The Morgan fingerprint density at radius 3 is 2.88 bits per heavy atom. The van der Waals surface area contributed by atoms with E-state index in [2.05, 4.69) is 9.97 Å². The predicted molar refractivity (Wildman–Crippen MR) is 89.0 cm³/mol. The van der Waals surface area contributed by atoms with Crippen molar-refractivity contribution in [2.24, 2.45) is 0 Å². The van der Waals surface area contributed by atoms with Crippen LogP contribution < -0.4 is 14.2 Å². The second kappa shape index (κ2) is 6.23. The molecule has 4 rings (SSSR count). The number of benzene rings is 1. The van der Waals surface area contributed by atoms with Crippen LogP contribution in [-0.2, 0) is 0 Å². The van der Waals surface area contributed by atoms with Gasteiger partial charge in [0.15, 0.2) is 11.5 Å². The van der Waals surface area contributed by atoms with Crippen molar-refractivity contribution >= 4 is 5.91 Å². The third-order valence-corrected chi connectivity index (χ3v) is 4.28. The SMILES string of the molecule is Cc1cc(O[C@@H]2CCN(C(=O)c3ccc4c(c3)OCO4)C2)nc(C)n1. The first kappa shape index (κ1) is 15.7. The fourth-order valence-corrected chi connectivity index (χ4v) is 3.14. The Bertz CT molecular complexity index is 804. The van der Waals surface area contributed by atoms with Crippen molar-refractivity contribution in [3.8, 4) is 17.4 Å². The Morgan fingerprint density at radius 1 is 1.20 bits per heavy atom. The van der Waals surface area contributed by atoms with Crippen molar-refractivity contribution in [1.82, 2.24) is 14.9 Å². The lowest BCUT2D eigenvalue weighted by atomic mass is 10.2. The molecule has 0 spiro atoms. The Morgan fingerprint density at radius 2 is 2.04 bits per heavy atom. The van der Waals surface area contributed by atoms with Crippen LogP contribution in [0.15, 0.2) is 24.3 Å². The van der Waals surface area contributed by atoms with E-state index in [0.717, 1.165) is 12.1 Å². The van der Waals surface area contributed by atoms with Crippen molar-refractivity contribution in [3.05, 3.63) is 41.3 Å². The summed E-state index contributed by atoms with van der Waals surface area (Å²) in [6.07, 6.45) is 0.713. The zero-order valence-electron chi connectivity index (χ0n) is 14.2. The van der Waals surface area contributed by atoms with E-state index < -0.39 is 0 Å². The van der Waals surface area contributed by atoms with Gasteiger partial charge in [-0.05, 0) is 32.0 Å². The van der Waals surface area contributed by atoms with Crippen molar-refractivity contribution in [3.63, 3.8) is 0 Å². The van der Waals surface area contributed by atoms with Crippen LogP contribution in [-0.4, -0.2) is 46.8 Å². The van der Waals surface area contributed by atoms with Crippen LogP contribution in [0.1, 0.15) is 28.3 Å². The maximum Gasteiger partial charge on any atom is 0.254 e. The average molecular weight is 341 g/mol. The molecular weight excluding hydrogens is 322 g/mol. The smallest absolute Gasteiger partial charge is 0.254 e. The molecule has 0 bridgehead atoms. The van der Waals surface area contributed by atoms with Crippen LogP contribution in [0, 0.1) is 13.8 Å². The van der Waals surface area contributed by atoms with Crippen molar-refractivity contribution in [1.29, 1.82) is 0 Å². The summed E-state index contributed by atoms with van der Waals surface area (Å²) in [5.41, 5.74) is 1.47. The van der Waals surface area contributed by atoms with Gasteiger partial charge in [-0.2, -0.15) is 4.98 Å². The summed E-state index contributed by atoms with van der Waals surface area (Å²) in [6, 6.07) is 7.08. The minimum Gasteiger partial charge on any atom is -0.472 e. The van der Waals surface area contributed by atoms with Gasteiger partial charge in [-0.15, -0.1) is 0 Å². The number of ether oxygens (including phenoxy) is 3. The van der Waals surface area contributed by atoms with Gasteiger partial charge < -0.3 is 19.1 Å². The van der Waals surface area contributed by atoms with Crippen LogP contribution in [0.25, 0.3) is 0 Å². The molecule has 0 N–H and O–H groups in total. The van der Waals surface area contributed by atoms with Gasteiger partial charge in [0.2, 0.25) is 12.7 Å². The maximum absolute atomic E-state index is 12.7. The van der Waals surface area contributed by atoms with Gasteiger partial charge in [0.1, 0.15) is 11.9 Å². The zero-order valence-corrected chi connectivity index (χ0v) is 14.2. The van der Waals surface area contributed by atoms with E-state index in [1.807, 2.05) is 19.9 Å². The average Bonchev–Trinajstić information content (AvgIpc) is 3.21. The lowest BCUT2D eigenvalue weighted by Crippen LogP contribution is -2.31. The molecule has 1 amide bonds. The molecule has 25 heavy (non-hydrogen) atoms. The number of rotatable bonds is 3. The number of carbonyl (C=O) groups is 1. The normalized spacial score (nSPS) is 18.5. The maximum atomic E-state index is 12.7. The summed E-state index contributed by atoms with van der Waals surface area (Å²) in [7, 11) is 0. The molecule has 2 aliphatic rings. The van der Waals surface area contributed by atoms with E-state index in [1.165, 1.54) is 0 Å². The molecule has 1 saturated heterocycles. The molecule has 2 aliphatic heterocycles. The van der Waals surface area contributed by atoms with Crippen molar-refractivity contribution < 1.29 is 19.0 Å². The summed E-state index contributed by atoms with van der Waals surface area (Å²) in [4.78, 5) is 23.0. The fourth-order valence-electron chi connectivity index (χ4n) is 3.14. The van der Waals surface area contributed by atoms with E-state index >= 15 is 0 Å². The first-order valence-electron chi connectivity index (χ1n) is 8.26. The number of carbonyl (C=O) groups excluding carboxylic acids is 1. The third kappa shape index (κ3) is 3.22. The van der Waals surface area contributed by atoms with Gasteiger partial charge in [-0.3, -0.25) is 4.79 Å². The van der Waals surface area contributed by atoms with Gasteiger partial charge in [0.05, 0.1) is 6.54 Å². The summed E-state index contributed by atoms with van der Waals surface area (Å²) in [5, 5.41) is 0. The molecule has 7 nitrogen and oxygen atoms in total. The fraction of sp³-hybridized carbons (Fsp3) is 0.389. The number of likely N-dealkylation sites (tertiary alicyclic amines) is 1. The number of aromatic nitrogens is 2. The Balaban J connectivity index is 1.42. The molecule has 0 aliphatic carbocycles. The summed E-state index contributed by atoms with van der Waals surface area (Å²) < 4.78 is 16.6. The van der Waals surface area contributed by atoms with E-state index in [0.29, 0.717) is 41.9 Å². The number of amides is 1. The molecule has 1 aromatic heterocycles. The molecule has 1 fully saturated rings. The number of nitrogens with zero attached hydrogens (tertiary/aromatic N) is 3. The van der Waals surface area contributed by atoms with E-state index in [9.17, 15) is 4.79 Å². The Hall–Kier alpha value is -2.83. The van der Waals surface area contributed by atoms with Crippen molar-refractivity contribution in [2.75, 3.05) is 19.9 Å². The number of hydrogen-bond acceptors (Lipinski definition) is 6. The number of aryl methyl sites for hydroxylation is 2. The van der Waals surface area contributed by atoms with Gasteiger partial charge >= 0.3 is 0 Å². The lowest BCUT2D eigenvalue weighted by Gasteiger charge is -2.17. The highest BCUT2D eigenvalue weighted by atomic mass is 16.7. The molecule has 3 heterocycles. The largest absolute Gasteiger partial charge is 0.472 e. The van der Waals surface area contributed by atoms with E-state index in [4.69, 9.17) is 14.2 Å². The standard InChI is InChI=1S/C18H19N3O4/c1-11-7-17(20-12(2)19-11)25-14-5-6-21(9-14)18(22)13-3-4-15-16(8-13)24-10-23-15/h3-4,7-8,14H,5-6,9-10H2,1-2H3/t14-/m1/s1.